The smallest absolute Gasteiger partial charge is 0.326 e. The summed E-state index contributed by atoms with van der Waals surface area (Å²) in [4.78, 5) is 23.8. The van der Waals surface area contributed by atoms with Crippen molar-refractivity contribution in [3.05, 3.63) is 83.9 Å². The molecule has 0 saturated heterocycles. The summed E-state index contributed by atoms with van der Waals surface area (Å²) < 4.78 is 0. The van der Waals surface area contributed by atoms with Crippen LogP contribution >= 0.6 is 0 Å². The SMILES string of the molecule is O=C(Cc1ccc2ccccc2c1)N[C@H](CCc1ccccc1)C(=O)O. The van der Waals surface area contributed by atoms with E-state index in [2.05, 4.69) is 5.32 Å². The van der Waals surface area contributed by atoms with E-state index >= 15 is 0 Å². The van der Waals surface area contributed by atoms with Crippen molar-refractivity contribution < 1.29 is 14.7 Å². The first-order chi connectivity index (χ1) is 12.6. The zero-order valence-corrected chi connectivity index (χ0v) is 14.4. The number of carboxylic acid groups (broad SMARTS) is 1. The van der Waals surface area contributed by atoms with Crippen LogP contribution in [0.2, 0.25) is 0 Å². The van der Waals surface area contributed by atoms with Gasteiger partial charge in [0.25, 0.3) is 0 Å². The highest BCUT2D eigenvalue weighted by Crippen LogP contribution is 2.16. The normalized spacial score (nSPS) is 11.8. The molecule has 0 aliphatic rings. The first-order valence-corrected chi connectivity index (χ1v) is 8.65. The Bertz CT molecular complexity index is 905. The molecule has 0 aliphatic carbocycles. The number of carboxylic acids is 1. The Hall–Kier alpha value is -3.14. The van der Waals surface area contributed by atoms with Crippen LogP contribution in [0.15, 0.2) is 72.8 Å². The van der Waals surface area contributed by atoms with E-state index in [-0.39, 0.29) is 12.3 Å². The molecule has 1 amide bonds. The molecule has 0 aliphatic heterocycles. The summed E-state index contributed by atoms with van der Waals surface area (Å²) in [5.41, 5.74) is 1.93. The Morgan fingerprint density at radius 1 is 0.846 bits per heavy atom. The zero-order valence-electron chi connectivity index (χ0n) is 14.4. The summed E-state index contributed by atoms with van der Waals surface area (Å²) in [6.45, 7) is 0. The molecule has 0 unspecified atom stereocenters. The minimum Gasteiger partial charge on any atom is -0.480 e. The maximum Gasteiger partial charge on any atom is 0.326 e. The molecule has 0 aromatic heterocycles. The molecule has 132 valence electrons. The molecule has 1 atom stereocenters. The van der Waals surface area contributed by atoms with E-state index in [4.69, 9.17) is 0 Å². The summed E-state index contributed by atoms with van der Waals surface area (Å²) in [5, 5.41) is 14.2. The predicted octanol–water partition coefficient (Wildman–Crippen LogP) is 3.58. The van der Waals surface area contributed by atoms with Crippen LogP contribution < -0.4 is 5.32 Å². The van der Waals surface area contributed by atoms with Crippen molar-refractivity contribution >= 4 is 22.6 Å². The lowest BCUT2D eigenvalue weighted by atomic mass is 10.0. The molecule has 3 aromatic carbocycles. The molecule has 0 saturated carbocycles. The van der Waals surface area contributed by atoms with Crippen LogP contribution in [0.25, 0.3) is 10.8 Å². The van der Waals surface area contributed by atoms with Crippen LogP contribution in [0.5, 0.6) is 0 Å². The van der Waals surface area contributed by atoms with Gasteiger partial charge in [-0.05, 0) is 34.7 Å². The summed E-state index contributed by atoms with van der Waals surface area (Å²) in [7, 11) is 0. The maximum absolute atomic E-state index is 12.3. The van der Waals surface area contributed by atoms with Crippen LogP contribution in [0.4, 0.5) is 0 Å². The van der Waals surface area contributed by atoms with Gasteiger partial charge in [-0.2, -0.15) is 0 Å². The van der Waals surface area contributed by atoms with Crippen LogP contribution in [0.1, 0.15) is 17.5 Å². The second kappa shape index (κ2) is 8.30. The van der Waals surface area contributed by atoms with Gasteiger partial charge in [-0.3, -0.25) is 4.79 Å². The molecular weight excluding hydrogens is 326 g/mol. The van der Waals surface area contributed by atoms with Gasteiger partial charge in [-0.15, -0.1) is 0 Å². The van der Waals surface area contributed by atoms with Crippen molar-refractivity contribution in [1.82, 2.24) is 5.32 Å². The van der Waals surface area contributed by atoms with E-state index in [9.17, 15) is 14.7 Å². The van der Waals surface area contributed by atoms with Gasteiger partial charge in [-0.1, -0.05) is 72.8 Å². The van der Waals surface area contributed by atoms with Gasteiger partial charge in [0, 0.05) is 0 Å². The molecule has 0 heterocycles. The quantitative estimate of drug-likeness (QED) is 0.686. The fraction of sp³-hybridized carbons (Fsp3) is 0.182. The molecule has 4 nitrogen and oxygen atoms in total. The number of amides is 1. The van der Waals surface area contributed by atoms with Crippen LogP contribution in [-0.4, -0.2) is 23.0 Å². The van der Waals surface area contributed by atoms with Gasteiger partial charge in [0.15, 0.2) is 0 Å². The Morgan fingerprint density at radius 3 is 2.27 bits per heavy atom. The molecule has 0 bridgehead atoms. The third-order valence-electron chi connectivity index (χ3n) is 4.38. The first-order valence-electron chi connectivity index (χ1n) is 8.65. The van der Waals surface area contributed by atoms with Crippen molar-refractivity contribution in [3.63, 3.8) is 0 Å². The third-order valence-corrected chi connectivity index (χ3v) is 4.38. The van der Waals surface area contributed by atoms with Gasteiger partial charge in [0.1, 0.15) is 6.04 Å². The number of carbonyl (C=O) groups excluding carboxylic acids is 1. The average Bonchev–Trinajstić information content (AvgIpc) is 2.65. The van der Waals surface area contributed by atoms with E-state index in [0.717, 1.165) is 21.9 Å². The minimum atomic E-state index is -1.01. The van der Waals surface area contributed by atoms with Crippen molar-refractivity contribution in [2.75, 3.05) is 0 Å². The number of aryl methyl sites for hydroxylation is 1. The number of hydrogen-bond donors (Lipinski definition) is 2. The fourth-order valence-electron chi connectivity index (χ4n) is 2.99. The van der Waals surface area contributed by atoms with Gasteiger partial charge < -0.3 is 10.4 Å². The summed E-state index contributed by atoms with van der Waals surface area (Å²) in [5.74, 6) is -1.28. The standard InChI is InChI=1S/C22H21NO3/c24-21(15-17-10-12-18-8-4-5-9-19(18)14-17)23-20(22(25)26)13-11-16-6-2-1-3-7-16/h1-10,12,14,20H,11,13,15H2,(H,23,24)(H,25,26)/t20-/m1/s1. The summed E-state index contributed by atoms with van der Waals surface area (Å²) in [6, 6.07) is 22.6. The number of benzene rings is 3. The maximum atomic E-state index is 12.3. The summed E-state index contributed by atoms with van der Waals surface area (Å²) >= 11 is 0. The number of aliphatic carboxylic acids is 1. The lowest BCUT2D eigenvalue weighted by molar-refractivity contribution is -0.141. The monoisotopic (exact) mass is 347 g/mol. The Balaban J connectivity index is 1.60. The lowest BCUT2D eigenvalue weighted by Crippen LogP contribution is -2.41. The molecule has 4 heteroatoms. The number of carbonyl (C=O) groups is 2. The van der Waals surface area contributed by atoms with Gasteiger partial charge >= 0.3 is 5.97 Å². The second-order valence-electron chi connectivity index (χ2n) is 6.34. The molecule has 26 heavy (non-hydrogen) atoms. The fourth-order valence-corrected chi connectivity index (χ4v) is 2.99. The van der Waals surface area contributed by atoms with Crippen molar-refractivity contribution in [2.24, 2.45) is 0 Å². The molecule has 0 fully saturated rings. The molecular formula is C22H21NO3. The average molecular weight is 347 g/mol. The van der Waals surface area contributed by atoms with E-state index < -0.39 is 12.0 Å². The van der Waals surface area contributed by atoms with Crippen LogP contribution in [0, 0.1) is 0 Å². The van der Waals surface area contributed by atoms with Crippen molar-refractivity contribution in [1.29, 1.82) is 0 Å². The van der Waals surface area contributed by atoms with Gasteiger partial charge in [0.2, 0.25) is 5.91 Å². The highest BCUT2D eigenvalue weighted by molar-refractivity contribution is 5.87. The van der Waals surface area contributed by atoms with E-state index in [1.807, 2.05) is 72.8 Å². The molecule has 2 N–H and O–H groups in total. The van der Waals surface area contributed by atoms with E-state index in [0.29, 0.717) is 12.8 Å². The van der Waals surface area contributed by atoms with E-state index in [1.165, 1.54) is 0 Å². The highest BCUT2D eigenvalue weighted by Gasteiger charge is 2.19. The van der Waals surface area contributed by atoms with Crippen LogP contribution in [-0.2, 0) is 22.4 Å². The number of fused-ring (bicyclic) bond motifs is 1. The summed E-state index contributed by atoms with van der Waals surface area (Å²) in [6.07, 6.45) is 1.14. The Morgan fingerprint density at radius 2 is 1.54 bits per heavy atom. The van der Waals surface area contributed by atoms with Crippen molar-refractivity contribution in [2.45, 2.75) is 25.3 Å². The Labute approximate surface area is 152 Å². The molecule has 0 spiro atoms. The third kappa shape index (κ3) is 4.70. The topological polar surface area (TPSA) is 66.4 Å². The zero-order chi connectivity index (χ0) is 18.4. The van der Waals surface area contributed by atoms with Crippen LogP contribution in [0.3, 0.4) is 0 Å². The van der Waals surface area contributed by atoms with Gasteiger partial charge in [0.05, 0.1) is 6.42 Å². The molecule has 3 aromatic rings. The Kier molecular flexibility index (Phi) is 5.64. The highest BCUT2D eigenvalue weighted by atomic mass is 16.4. The number of rotatable bonds is 7. The second-order valence-corrected chi connectivity index (χ2v) is 6.34. The number of hydrogen-bond acceptors (Lipinski definition) is 2. The largest absolute Gasteiger partial charge is 0.480 e. The predicted molar refractivity (Wildman–Crippen MR) is 102 cm³/mol. The molecule has 0 radical (unpaired) electrons. The lowest BCUT2D eigenvalue weighted by Gasteiger charge is -2.15. The number of nitrogens with one attached hydrogen (secondary N) is 1. The van der Waals surface area contributed by atoms with E-state index in [1.54, 1.807) is 0 Å². The first kappa shape index (κ1) is 17.7. The molecule has 3 rings (SSSR count). The van der Waals surface area contributed by atoms with Gasteiger partial charge in [-0.25, -0.2) is 4.79 Å². The minimum absolute atomic E-state index is 0.167. The van der Waals surface area contributed by atoms with Crippen molar-refractivity contribution in [3.8, 4) is 0 Å².